The summed E-state index contributed by atoms with van der Waals surface area (Å²) in [5.41, 5.74) is 2.48. The summed E-state index contributed by atoms with van der Waals surface area (Å²) in [6, 6.07) is 27.4. The van der Waals surface area contributed by atoms with Crippen LogP contribution < -0.4 is 5.32 Å². The van der Waals surface area contributed by atoms with Crippen LogP contribution >= 0.6 is 11.8 Å². The van der Waals surface area contributed by atoms with Crippen molar-refractivity contribution in [3.05, 3.63) is 108 Å². The van der Waals surface area contributed by atoms with Crippen LogP contribution in [0, 0.1) is 0 Å². The van der Waals surface area contributed by atoms with Gasteiger partial charge in [-0.3, -0.25) is 14.4 Å². The fourth-order valence-corrected chi connectivity index (χ4v) is 5.94. The Morgan fingerprint density at radius 3 is 2.08 bits per heavy atom. The first-order valence-corrected chi connectivity index (χ1v) is 12.7. The van der Waals surface area contributed by atoms with Crippen LogP contribution in [0.4, 0.5) is 0 Å². The number of ether oxygens (including phenoxy) is 1. The van der Waals surface area contributed by atoms with E-state index in [1.54, 1.807) is 0 Å². The number of hydrogen-bond donors (Lipinski definition) is 2. The molecule has 0 spiro atoms. The first-order chi connectivity index (χ1) is 17.5. The molecular formula is C28H26N2O5S. The average molecular weight is 503 g/mol. The molecule has 0 aromatic heterocycles. The number of thioether (sulfide) groups is 1. The normalized spacial score (nSPS) is 22.9. The third-order valence-electron chi connectivity index (χ3n) is 6.36. The zero-order chi connectivity index (χ0) is 25.1. The number of amides is 2. The molecule has 0 aliphatic carbocycles. The van der Waals surface area contributed by atoms with E-state index in [-0.39, 0.29) is 24.8 Å². The molecule has 184 valence electrons. The molecule has 5 rings (SSSR count). The van der Waals surface area contributed by atoms with Gasteiger partial charge in [0.1, 0.15) is 16.7 Å². The van der Waals surface area contributed by atoms with Crippen LogP contribution in [0.1, 0.15) is 22.8 Å². The van der Waals surface area contributed by atoms with Crippen LogP contribution in [-0.4, -0.2) is 57.1 Å². The molecule has 2 saturated heterocycles. The van der Waals surface area contributed by atoms with Gasteiger partial charge in [0.2, 0.25) is 11.8 Å². The molecule has 0 saturated carbocycles. The minimum absolute atomic E-state index is 0.0165. The number of esters is 1. The van der Waals surface area contributed by atoms with Crippen molar-refractivity contribution < 1.29 is 24.2 Å². The second-order valence-corrected chi connectivity index (χ2v) is 10.1. The van der Waals surface area contributed by atoms with Crippen molar-refractivity contribution in [3.8, 4) is 0 Å². The zero-order valence-electron chi connectivity index (χ0n) is 19.4. The van der Waals surface area contributed by atoms with Crippen LogP contribution in [0.5, 0.6) is 0 Å². The number of nitrogens with one attached hydrogen (secondary N) is 1. The molecule has 2 amide bonds. The first kappa shape index (κ1) is 24.1. The lowest BCUT2D eigenvalue weighted by atomic mass is 10.0. The quantitative estimate of drug-likeness (QED) is 0.381. The van der Waals surface area contributed by atoms with Gasteiger partial charge in [0.15, 0.2) is 6.10 Å². The molecular weight excluding hydrogens is 476 g/mol. The van der Waals surface area contributed by atoms with Gasteiger partial charge in [-0.1, -0.05) is 91.0 Å². The van der Waals surface area contributed by atoms with Crippen LogP contribution in [0.2, 0.25) is 0 Å². The largest absolute Gasteiger partial charge is 0.452 e. The number of carbonyl (C=O) groups is 3. The maximum Gasteiger partial charge on any atom is 0.322 e. The summed E-state index contributed by atoms with van der Waals surface area (Å²) in [7, 11) is 0. The predicted octanol–water partition coefficient (Wildman–Crippen LogP) is 2.69. The standard InChI is InChI=1S/C28H26N2O5S/c31-21-17-30-26(33)23(29-22(32)16-18-10-4-1-5-11-18)27(30)36-25(21)28(34)35-24(19-12-6-2-7-13-19)20-14-8-3-9-15-20/h1-15,21,23-25,27,31H,16-17H2,(H,29,32)/t21-,23+,25-,27-/m0/s1. The van der Waals surface area contributed by atoms with Crippen LogP contribution in [0.25, 0.3) is 0 Å². The fraction of sp³-hybridized carbons (Fsp3) is 0.250. The molecule has 36 heavy (non-hydrogen) atoms. The maximum atomic E-state index is 13.3. The van der Waals surface area contributed by atoms with Crippen molar-refractivity contribution in [2.24, 2.45) is 0 Å². The number of aliphatic hydroxyl groups excluding tert-OH is 1. The van der Waals surface area contributed by atoms with Gasteiger partial charge in [-0.25, -0.2) is 0 Å². The van der Waals surface area contributed by atoms with Gasteiger partial charge in [0.25, 0.3) is 0 Å². The van der Waals surface area contributed by atoms with E-state index in [9.17, 15) is 19.5 Å². The molecule has 0 bridgehead atoms. The lowest BCUT2D eigenvalue weighted by Crippen LogP contribution is -2.73. The van der Waals surface area contributed by atoms with Crippen LogP contribution in [0.3, 0.4) is 0 Å². The van der Waals surface area contributed by atoms with E-state index in [1.807, 2.05) is 91.0 Å². The predicted molar refractivity (Wildman–Crippen MR) is 136 cm³/mol. The SMILES string of the molecule is O=C(Cc1ccccc1)N[C@@H]1C(=O)N2C[C@H](O)[C@@H](C(=O)OC(c3ccccc3)c3ccccc3)S[C@@H]12. The molecule has 2 heterocycles. The fourth-order valence-electron chi connectivity index (χ4n) is 4.53. The maximum absolute atomic E-state index is 13.3. The lowest BCUT2D eigenvalue weighted by Gasteiger charge is -2.52. The number of benzene rings is 3. The highest BCUT2D eigenvalue weighted by atomic mass is 32.2. The number of carbonyl (C=O) groups excluding carboxylic acids is 3. The summed E-state index contributed by atoms with van der Waals surface area (Å²) < 4.78 is 5.95. The molecule has 2 fully saturated rings. The van der Waals surface area contributed by atoms with Gasteiger partial charge in [-0.2, -0.15) is 0 Å². The van der Waals surface area contributed by atoms with Crippen molar-refractivity contribution in [1.82, 2.24) is 10.2 Å². The smallest absolute Gasteiger partial charge is 0.322 e. The van der Waals surface area contributed by atoms with E-state index in [1.165, 1.54) is 4.90 Å². The number of aliphatic hydroxyl groups is 1. The molecule has 0 radical (unpaired) electrons. The molecule has 3 aromatic rings. The summed E-state index contributed by atoms with van der Waals surface area (Å²) in [6.45, 7) is 0.0165. The molecule has 0 unspecified atom stereocenters. The Kier molecular flexibility index (Phi) is 7.06. The zero-order valence-corrected chi connectivity index (χ0v) is 20.2. The molecule has 8 heteroatoms. The van der Waals surface area contributed by atoms with Gasteiger partial charge < -0.3 is 20.1 Å². The molecule has 3 aromatic carbocycles. The van der Waals surface area contributed by atoms with Crippen molar-refractivity contribution >= 4 is 29.5 Å². The Morgan fingerprint density at radius 1 is 0.944 bits per heavy atom. The summed E-state index contributed by atoms with van der Waals surface area (Å²) in [5.74, 6) is -1.08. The Hall–Kier alpha value is -3.62. The number of β-lactam (4-membered cyclic amide) rings is 1. The van der Waals surface area contributed by atoms with E-state index in [0.717, 1.165) is 28.5 Å². The Balaban J connectivity index is 1.27. The minimum atomic E-state index is -1.07. The average Bonchev–Trinajstić information content (AvgIpc) is 2.91. The summed E-state index contributed by atoms with van der Waals surface area (Å²) in [6.07, 6.45) is -1.54. The van der Waals surface area contributed by atoms with E-state index < -0.39 is 34.8 Å². The van der Waals surface area contributed by atoms with E-state index >= 15 is 0 Å². The molecule has 2 N–H and O–H groups in total. The second-order valence-electron chi connectivity index (χ2n) is 8.85. The van der Waals surface area contributed by atoms with Crippen molar-refractivity contribution in [2.75, 3.05) is 6.54 Å². The van der Waals surface area contributed by atoms with Gasteiger partial charge in [0, 0.05) is 6.54 Å². The number of hydrogen-bond acceptors (Lipinski definition) is 6. The molecule has 2 aliphatic heterocycles. The van der Waals surface area contributed by atoms with Crippen molar-refractivity contribution in [3.63, 3.8) is 0 Å². The van der Waals surface area contributed by atoms with E-state index in [2.05, 4.69) is 5.32 Å². The Labute approximate surface area is 213 Å². The van der Waals surface area contributed by atoms with Gasteiger partial charge >= 0.3 is 5.97 Å². The highest BCUT2D eigenvalue weighted by Crippen LogP contribution is 2.40. The number of nitrogens with zero attached hydrogens (tertiary/aromatic N) is 1. The topological polar surface area (TPSA) is 95.9 Å². The minimum Gasteiger partial charge on any atom is -0.452 e. The highest BCUT2D eigenvalue weighted by Gasteiger charge is 2.55. The van der Waals surface area contributed by atoms with Gasteiger partial charge in [-0.15, -0.1) is 11.8 Å². The molecule has 7 nitrogen and oxygen atoms in total. The summed E-state index contributed by atoms with van der Waals surface area (Å²) in [5, 5.41) is 12.2. The van der Waals surface area contributed by atoms with Crippen LogP contribution in [0.15, 0.2) is 91.0 Å². The van der Waals surface area contributed by atoms with Crippen molar-refractivity contribution in [1.29, 1.82) is 0 Å². The summed E-state index contributed by atoms with van der Waals surface area (Å²) in [4.78, 5) is 40.0. The molecule has 2 aliphatic rings. The lowest BCUT2D eigenvalue weighted by molar-refractivity contribution is -0.156. The highest BCUT2D eigenvalue weighted by molar-refractivity contribution is 8.01. The third-order valence-corrected chi connectivity index (χ3v) is 7.96. The monoisotopic (exact) mass is 502 g/mol. The van der Waals surface area contributed by atoms with Gasteiger partial charge in [-0.05, 0) is 16.7 Å². The Bertz CT molecular complexity index is 1180. The first-order valence-electron chi connectivity index (χ1n) is 11.8. The second kappa shape index (κ2) is 10.6. The van der Waals surface area contributed by atoms with E-state index in [0.29, 0.717) is 0 Å². The Morgan fingerprint density at radius 2 is 1.50 bits per heavy atom. The summed E-state index contributed by atoms with van der Waals surface area (Å²) >= 11 is 1.16. The van der Waals surface area contributed by atoms with Crippen LogP contribution in [-0.2, 0) is 25.5 Å². The molecule has 4 atom stereocenters. The number of rotatable bonds is 7. The van der Waals surface area contributed by atoms with Gasteiger partial charge in [0.05, 0.1) is 12.5 Å². The van der Waals surface area contributed by atoms with E-state index in [4.69, 9.17) is 4.74 Å². The van der Waals surface area contributed by atoms with Crippen molar-refractivity contribution in [2.45, 2.75) is 35.3 Å². The number of fused-ring (bicyclic) bond motifs is 1. The third kappa shape index (κ3) is 5.01.